The fourth-order valence-electron chi connectivity index (χ4n) is 3.48. The van der Waals surface area contributed by atoms with Gasteiger partial charge in [-0.15, -0.1) is 5.43 Å². The maximum Gasteiger partial charge on any atom is 0.296 e. The highest BCUT2D eigenvalue weighted by molar-refractivity contribution is 5.23. The molecule has 0 bridgehead atoms. The minimum atomic E-state index is -0.0281. The molecule has 6 heteroatoms. The Kier molecular flexibility index (Phi) is 2.88. The van der Waals surface area contributed by atoms with Crippen LogP contribution in [0.2, 0.25) is 0 Å². The van der Waals surface area contributed by atoms with E-state index in [0.29, 0.717) is 16.7 Å². The first kappa shape index (κ1) is 12.1. The van der Waals surface area contributed by atoms with Crippen molar-refractivity contribution in [1.29, 1.82) is 0 Å². The largest absolute Gasteiger partial charge is 0.313 e. The van der Waals surface area contributed by atoms with Crippen molar-refractivity contribution in [3.05, 3.63) is 11.6 Å². The minimum Gasteiger partial charge on any atom is -0.313 e. The van der Waals surface area contributed by atoms with Crippen molar-refractivity contribution in [2.75, 3.05) is 27.2 Å². The first-order valence-corrected chi connectivity index (χ1v) is 6.58. The molecule has 2 saturated heterocycles. The van der Waals surface area contributed by atoms with Gasteiger partial charge in [0, 0.05) is 6.54 Å². The molecule has 0 aromatic carbocycles. The van der Waals surface area contributed by atoms with Crippen molar-refractivity contribution < 1.29 is 9.85 Å². The highest BCUT2D eigenvalue weighted by Crippen LogP contribution is 2.29. The van der Waals surface area contributed by atoms with Gasteiger partial charge < -0.3 is 5.32 Å². The van der Waals surface area contributed by atoms with Gasteiger partial charge in [-0.2, -0.15) is 0 Å². The molecule has 98 valence electrons. The molecule has 0 spiro atoms. The van der Waals surface area contributed by atoms with Crippen molar-refractivity contribution in [2.24, 2.45) is 0 Å². The number of nitrogens with zero attached hydrogens (tertiary/aromatic N) is 1. The lowest BCUT2D eigenvalue weighted by Gasteiger charge is -2.34. The van der Waals surface area contributed by atoms with Crippen LogP contribution in [0.3, 0.4) is 0 Å². The van der Waals surface area contributed by atoms with Crippen molar-refractivity contribution in [2.45, 2.75) is 30.6 Å². The molecule has 0 aromatic rings. The first-order valence-electron chi connectivity index (χ1n) is 6.58. The normalized spacial score (nSPS) is 42.2. The second-order valence-corrected chi connectivity index (χ2v) is 5.82. The highest BCUT2D eigenvalue weighted by Gasteiger charge is 2.59. The molecule has 4 unspecified atom stereocenters. The predicted octanol–water partition coefficient (Wildman–Crippen LogP) is -3.14. The summed E-state index contributed by atoms with van der Waals surface area (Å²) in [5, 5.41) is 10.8. The van der Waals surface area contributed by atoms with Gasteiger partial charge in [-0.1, -0.05) is 11.3 Å². The number of likely N-dealkylation sites (N-methyl/N-ethyl adjacent to an activating group) is 1. The van der Waals surface area contributed by atoms with Crippen molar-refractivity contribution >= 4 is 0 Å². The van der Waals surface area contributed by atoms with Crippen LogP contribution >= 0.6 is 0 Å². The van der Waals surface area contributed by atoms with Crippen LogP contribution < -0.4 is 26.9 Å². The van der Waals surface area contributed by atoms with E-state index in [-0.39, 0.29) is 12.1 Å². The number of nitrogens with one attached hydrogen (secondary N) is 5. The Bertz CT molecular complexity index is 409. The van der Waals surface area contributed by atoms with Crippen LogP contribution in [0.1, 0.15) is 6.42 Å². The number of fused-ring (bicyclic) bond motifs is 1. The van der Waals surface area contributed by atoms with E-state index in [9.17, 15) is 0 Å². The zero-order chi connectivity index (χ0) is 12.8. The summed E-state index contributed by atoms with van der Waals surface area (Å²) in [7, 11) is 4.32. The molecule has 2 fully saturated rings. The van der Waals surface area contributed by atoms with Crippen LogP contribution in [0, 0.1) is 6.07 Å². The Balaban J connectivity index is 1.87. The first-order chi connectivity index (χ1) is 8.63. The van der Waals surface area contributed by atoms with E-state index in [1.807, 2.05) is 0 Å². The van der Waals surface area contributed by atoms with E-state index in [1.165, 1.54) is 5.57 Å². The number of quaternary nitrogens is 1. The molecule has 0 saturated carbocycles. The zero-order valence-electron chi connectivity index (χ0n) is 11.0. The zero-order valence-corrected chi connectivity index (χ0v) is 11.0. The van der Waals surface area contributed by atoms with Gasteiger partial charge >= 0.3 is 0 Å². The van der Waals surface area contributed by atoms with Crippen LogP contribution in [-0.2, 0) is 0 Å². The third-order valence-corrected chi connectivity index (χ3v) is 4.30. The number of hydrazine groups is 1. The smallest absolute Gasteiger partial charge is 0.296 e. The monoisotopic (exact) mass is 250 g/mol. The maximum atomic E-state index is 7.42. The Morgan fingerprint density at radius 2 is 2.22 bits per heavy atom. The Morgan fingerprint density at radius 1 is 1.39 bits per heavy atom. The van der Waals surface area contributed by atoms with Crippen LogP contribution in [0.4, 0.5) is 0 Å². The van der Waals surface area contributed by atoms with Gasteiger partial charge in [-0.25, -0.2) is 15.4 Å². The van der Waals surface area contributed by atoms with Gasteiger partial charge in [-0.3, -0.25) is 0 Å². The summed E-state index contributed by atoms with van der Waals surface area (Å²) in [6.07, 6.45) is 3.45. The molecule has 3 heterocycles. The Morgan fingerprint density at radius 3 is 2.89 bits per heavy atom. The number of rotatable bonds is 1. The average molecular weight is 250 g/mol. The molecule has 18 heavy (non-hydrogen) atoms. The van der Waals surface area contributed by atoms with Crippen LogP contribution in [0.25, 0.3) is 0 Å². The molecule has 6 nitrogen and oxygen atoms in total. The SMILES string of the molecule is C[N+]1(C)NC(C#[NH+])C2NNC(C3=CCCNC3)C21. The lowest BCUT2D eigenvalue weighted by molar-refractivity contribution is -0.944. The molecule has 5 N–H and O–H groups in total. The van der Waals surface area contributed by atoms with E-state index in [4.69, 9.17) is 5.26 Å². The fourth-order valence-corrected chi connectivity index (χ4v) is 3.48. The summed E-state index contributed by atoms with van der Waals surface area (Å²) >= 11 is 0. The maximum absolute atomic E-state index is 7.42. The van der Waals surface area contributed by atoms with Gasteiger partial charge in [0.05, 0.1) is 20.1 Å². The van der Waals surface area contributed by atoms with Gasteiger partial charge in [-0.05, 0) is 18.5 Å². The summed E-state index contributed by atoms with van der Waals surface area (Å²) < 4.78 is 0.712. The summed E-state index contributed by atoms with van der Waals surface area (Å²) in [6, 6.07) is 3.51. The van der Waals surface area contributed by atoms with Crippen LogP contribution in [0.15, 0.2) is 11.6 Å². The molecule has 4 atom stereocenters. The van der Waals surface area contributed by atoms with E-state index < -0.39 is 0 Å². The van der Waals surface area contributed by atoms with E-state index >= 15 is 0 Å². The van der Waals surface area contributed by atoms with Crippen molar-refractivity contribution in [1.82, 2.24) is 21.6 Å². The summed E-state index contributed by atoms with van der Waals surface area (Å²) in [5.74, 6) is 0. The van der Waals surface area contributed by atoms with Crippen molar-refractivity contribution in [3.8, 4) is 6.07 Å². The van der Waals surface area contributed by atoms with E-state index in [2.05, 4.69) is 47.8 Å². The average Bonchev–Trinajstić information content (AvgIpc) is 2.91. The molecular formula is C12H22N6+2. The van der Waals surface area contributed by atoms with Gasteiger partial charge in [0.1, 0.15) is 12.1 Å². The molecule has 0 radical (unpaired) electrons. The number of hydrogen-bond acceptors (Lipinski definition) is 4. The second kappa shape index (κ2) is 4.30. The summed E-state index contributed by atoms with van der Waals surface area (Å²) in [5.41, 5.74) is 11.6. The standard InChI is InChI=1S/C12H21N6/c1-18(2)12-10(8-4-3-5-14-7-8)15-16-11(12)9(6-13)17-18/h4,9-12,14-17H,3,5,7H2,1-2H3/q+1/p+1. The molecule has 3 rings (SSSR count). The summed E-state index contributed by atoms with van der Waals surface area (Å²) in [4.78, 5) is 0. The fraction of sp³-hybridized carbons (Fsp3) is 0.750. The third-order valence-electron chi connectivity index (χ3n) is 4.30. The molecule has 0 amide bonds. The highest BCUT2D eigenvalue weighted by atomic mass is 15.7. The van der Waals surface area contributed by atoms with E-state index in [0.717, 1.165) is 19.5 Å². The topological polar surface area (TPSA) is 71.9 Å². The van der Waals surface area contributed by atoms with E-state index in [1.54, 1.807) is 0 Å². The Hall–Kier alpha value is -0.970. The Labute approximate surface area is 108 Å². The third kappa shape index (κ3) is 1.76. The van der Waals surface area contributed by atoms with Crippen LogP contribution in [0.5, 0.6) is 0 Å². The lowest BCUT2D eigenvalue weighted by atomic mass is 9.92. The minimum absolute atomic E-state index is 0.0281. The second-order valence-electron chi connectivity index (χ2n) is 5.82. The quantitative estimate of drug-likeness (QED) is 0.252. The molecule has 3 aliphatic rings. The predicted molar refractivity (Wildman–Crippen MR) is 67.1 cm³/mol. The van der Waals surface area contributed by atoms with Gasteiger partial charge in [0.15, 0.2) is 0 Å². The molecular weight excluding hydrogens is 228 g/mol. The van der Waals surface area contributed by atoms with Crippen LogP contribution in [-0.4, -0.2) is 55.9 Å². The lowest BCUT2D eigenvalue weighted by Crippen LogP contribution is -2.59. The number of hydrogen-bond donors (Lipinski definition) is 5. The summed E-state index contributed by atoms with van der Waals surface area (Å²) in [6.45, 7) is 2.03. The molecule has 3 aliphatic heterocycles. The van der Waals surface area contributed by atoms with Gasteiger partial charge in [0.25, 0.3) is 6.07 Å². The van der Waals surface area contributed by atoms with Crippen molar-refractivity contribution in [3.63, 3.8) is 0 Å². The molecule has 0 aliphatic carbocycles. The molecule has 0 aromatic heterocycles. The van der Waals surface area contributed by atoms with Gasteiger partial charge in [0.2, 0.25) is 6.04 Å².